The van der Waals surface area contributed by atoms with E-state index in [4.69, 9.17) is 14.6 Å². The zero-order chi connectivity index (χ0) is 17.2. The Morgan fingerprint density at radius 1 is 1.13 bits per heavy atom. The Morgan fingerprint density at radius 3 is 2.26 bits per heavy atom. The third-order valence-corrected chi connectivity index (χ3v) is 6.83. The number of aliphatic hydroxyl groups excluding tert-OH is 3. The lowest BCUT2D eigenvalue weighted by atomic mass is 9.70. The zero-order valence-corrected chi connectivity index (χ0v) is 13.7. The fourth-order valence-corrected chi connectivity index (χ4v) is 4.66. The van der Waals surface area contributed by atoms with Gasteiger partial charge in [-0.15, -0.1) is 0 Å². The van der Waals surface area contributed by atoms with Crippen LogP contribution in [0, 0.1) is 16.7 Å². The van der Waals surface area contributed by atoms with Crippen molar-refractivity contribution >= 4 is 5.97 Å². The maximum atomic E-state index is 11.2. The van der Waals surface area contributed by atoms with Crippen LogP contribution in [0.3, 0.4) is 0 Å². The van der Waals surface area contributed by atoms with Crippen molar-refractivity contribution < 1.29 is 34.7 Å². The summed E-state index contributed by atoms with van der Waals surface area (Å²) in [6, 6.07) is 0. The van der Waals surface area contributed by atoms with Gasteiger partial charge in [0, 0.05) is 0 Å². The van der Waals surface area contributed by atoms with Gasteiger partial charge in [-0.25, -0.2) is 4.79 Å². The topological polar surface area (TPSA) is 116 Å². The molecule has 1 heterocycles. The van der Waals surface area contributed by atoms with Crippen LogP contribution < -0.4 is 0 Å². The van der Waals surface area contributed by atoms with Crippen LogP contribution >= 0.6 is 0 Å². The van der Waals surface area contributed by atoms with Gasteiger partial charge in [-0.2, -0.15) is 0 Å². The molecule has 0 aromatic carbocycles. The molecule has 0 radical (unpaired) electrons. The van der Waals surface area contributed by atoms with E-state index in [1.54, 1.807) is 0 Å². The van der Waals surface area contributed by atoms with Crippen LogP contribution in [0.5, 0.6) is 0 Å². The molecule has 1 saturated heterocycles. The highest BCUT2D eigenvalue weighted by Crippen LogP contribution is 2.66. The van der Waals surface area contributed by atoms with E-state index in [0.717, 1.165) is 19.3 Å². The molecule has 2 aliphatic carbocycles. The normalized spacial score (nSPS) is 51.8. The molecule has 3 aliphatic rings. The Balaban J connectivity index is 1.76. The van der Waals surface area contributed by atoms with Crippen molar-refractivity contribution in [3.05, 3.63) is 0 Å². The predicted octanol–water partition coefficient (Wildman–Crippen LogP) is 0.110. The Hall–Kier alpha value is -0.730. The number of aliphatic carboxylic acids is 1. The molecule has 3 fully saturated rings. The monoisotopic (exact) mass is 330 g/mol. The number of hydrogen-bond donors (Lipinski definition) is 4. The average molecular weight is 330 g/mol. The van der Waals surface area contributed by atoms with Gasteiger partial charge in [0.05, 0.1) is 6.10 Å². The summed E-state index contributed by atoms with van der Waals surface area (Å²) in [5, 5.41) is 38.8. The highest BCUT2D eigenvalue weighted by molar-refractivity contribution is 5.73. The smallest absolute Gasteiger partial charge is 0.335 e. The summed E-state index contributed by atoms with van der Waals surface area (Å²) >= 11 is 0. The van der Waals surface area contributed by atoms with Crippen LogP contribution in [-0.2, 0) is 14.3 Å². The molecule has 2 bridgehead atoms. The van der Waals surface area contributed by atoms with Gasteiger partial charge in [0.15, 0.2) is 12.4 Å². The van der Waals surface area contributed by atoms with Crippen LogP contribution in [0.4, 0.5) is 0 Å². The summed E-state index contributed by atoms with van der Waals surface area (Å²) < 4.78 is 11.2. The lowest BCUT2D eigenvalue weighted by molar-refractivity contribution is -0.312. The number of hydrogen-bond acceptors (Lipinski definition) is 6. The summed E-state index contributed by atoms with van der Waals surface area (Å²) in [6.07, 6.45) is -4.86. The Morgan fingerprint density at radius 2 is 1.78 bits per heavy atom. The van der Waals surface area contributed by atoms with Crippen LogP contribution in [0.1, 0.15) is 40.0 Å². The second-order valence-corrected chi connectivity index (χ2v) is 7.97. The second kappa shape index (κ2) is 5.39. The maximum Gasteiger partial charge on any atom is 0.335 e. The van der Waals surface area contributed by atoms with Crippen molar-refractivity contribution in [2.45, 2.75) is 76.8 Å². The number of carboxylic acid groups (broad SMARTS) is 1. The van der Waals surface area contributed by atoms with Gasteiger partial charge < -0.3 is 29.9 Å². The Bertz CT molecular complexity index is 493. The highest BCUT2D eigenvalue weighted by atomic mass is 16.7. The lowest BCUT2D eigenvalue weighted by Gasteiger charge is -2.44. The minimum Gasteiger partial charge on any atom is -0.479 e. The van der Waals surface area contributed by atoms with Gasteiger partial charge in [0.1, 0.15) is 18.3 Å². The molecular formula is C16H26O7. The van der Waals surface area contributed by atoms with Gasteiger partial charge in [0.25, 0.3) is 0 Å². The lowest BCUT2D eigenvalue weighted by Crippen LogP contribution is -2.61. The van der Waals surface area contributed by atoms with Gasteiger partial charge in [0.2, 0.25) is 0 Å². The number of carbonyl (C=O) groups is 1. The summed E-state index contributed by atoms with van der Waals surface area (Å²) in [5.74, 6) is -0.874. The standard InChI is InChI=1S/C16H26O7/c1-15(2)7-4-5-16(15,3)8(6-7)22-14-11(19)9(17)10(18)12(23-14)13(20)21/h7-12,14,17-19H,4-6H2,1-3H3,(H,20,21)/t7-,8+,9-,10+,11+,12-,14+,16-/m0/s1. The first-order chi connectivity index (χ1) is 10.6. The molecule has 0 aromatic heterocycles. The molecule has 4 N–H and O–H groups in total. The van der Waals surface area contributed by atoms with Crippen molar-refractivity contribution in [1.82, 2.24) is 0 Å². The summed E-state index contributed by atoms with van der Waals surface area (Å²) in [4.78, 5) is 11.2. The average Bonchev–Trinajstić information content (AvgIpc) is 2.80. The molecule has 132 valence electrons. The van der Waals surface area contributed by atoms with Gasteiger partial charge in [-0.1, -0.05) is 20.8 Å². The Labute approximate surface area is 135 Å². The van der Waals surface area contributed by atoms with Crippen molar-refractivity contribution in [3.8, 4) is 0 Å². The first kappa shape index (κ1) is 17.1. The van der Waals surface area contributed by atoms with E-state index in [1.165, 1.54) is 0 Å². The molecule has 8 atom stereocenters. The minimum absolute atomic E-state index is 0.0829. The molecule has 0 unspecified atom stereocenters. The van der Waals surface area contributed by atoms with Crippen molar-refractivity contribution in [3.63, 3.8) is 0 Å². The first-order valence-corrected chi connectivity index (χ1v) is 8.17. The molecule has 1 aliphatic heterocycles. The number of rotatable bonds is 3. The van der Waals surface area contributed by atoms with E-state index in [2.05, 4.69) is 20.8 Å². The number of aliphatic hydroxyl groups is 3. The SMILES string of the molecule is CC1(C)[C@H]2CC[C@@]1(C)[C@H](O[C@@H]1O[C@H](C(=O)O)[C@H](O)[C@H](O)[C@H]1O)C2. The Kier molecular flexibility index (Phi) is 4.01. The maximum absolute atomic E-state index is 11.2. The molecule has 7 heteroatoms. The summed E-state index contributed by atoms with van der Waals surface area (Å²) in [5.41, 5.74) is 0.0160. The van der Waals surface area contributed by atoms with Gasteiger partial charge in [-0.05, 0) is 36.0 Å². The van der Waals surface area contributed by atoms with Crippen molar-refractivity contribution in [2.75, 3.05) is 0 Å². The van der Waals surface area contributed by atoms with Gasteiger partial charge >= 0.3 is 5.97 Å². The number of carboxylic acids is 1. The summed E-state index contributed by atoms with van der Waals surface area (Å²) in [6.45, 7) is 6.58. The van der Waals surface area contributed by atoms with E-state index < -0.39 is 36.7 Å². The fourth-order valence-electron chi connectivity index (χ4n) is 4.66. The first-order valence-electron chi connectivity index (χ1n) is 8.17. The zero-order valence-electron chi connectivity index (χ0n) is 13.7. The van der Waals surface area contributed by atoms with E-state index in [0.29, 0.717) is 5.92 Å². The largest absolute Gasteiger partial charge is 0.479 e. The minimum atomic E-state index is -1.69. The number of ether oxygens (including phenoxy) is 2. The highest BCUT2D eigenvalue weighted by Gasteiger charge is 2.63. The third kappa shape index (κ3) is 2.33. The van der Waals surface area contributed by atoms with E-state index in [9.17, 15) is 20.1 Å². The molecule has 0 spiro atoms. The predicted molar refractivity (Wildman–Crippen MR) is 78.4 cm³/mol. The third-order valence-electron chi connectivity index (χ3n) is 6.83. The second-order valence-electron chi connectivity index (χ2n) is 7.97. The van der Waals surface area contributed by atoms with Crippen molar-refractivity contribution in [1.29, 1.82) is 0 Å². The fraction of sp³-hybridized carbons (Fsp3) is 0.938. The molecule has 23 heavy (non-hydrogen) atoms. The van der Waals surface area contributed by atoms with E-state index >= 15 is 0 Å². The molecule has 0 amide bonds. The molecule has 3 rings (SSSR count). The van der Waals surface area contributed by atoms with Crippen LogP contribution in [-0.4, -0.2) is 63.2 Å². The van der Waals surface area contributed by atoms with E-state index in [1.807, 2.05) is 0 Å². The van der Waals surface area contributed by atoms with Crippen LogP contribution in [0.15, 0.2) is 0 Å². The van der Waals surface area contributed by atoms with Crippen molar-refractivity contribution in [2.24, 2.45) is 16.7 Å². The molecular weight excluding hydrogens is 304 g/mol. The number of fused-ring (bicyclic) bond motifs is 2. The molecule has 7 nitrogen and oxygen atoms in total. The molecule has 0 aromatic rings. The quantitative estimate of drug-likeness (QED) is 0.580. The molecule has 2 saturated carbocycles. The summed E-state index contributed by atoms with van der Waals surface area (Å²) in [7, 11) is 0. The van der Waals surface area contributed by atoms with Gasteiger partial charge in [-0.3, -0.25) is 0 Å². The van der Waals surface area contributed by atoms with Crippen LogP contribution in [0.25, 0.3) is 0 Å². The van der Waals surface area contributed by atoms with E-state index in [-0.39, 0.29) is 16.9 Å². The van der Waals surface area contributed by atoms with Crippen LogP contribution in [0.2, 0.25) is 0 Å².